The van der Waals surface area contributed by atoms with Crippen LogP contribution in [0.15, 0.2) is 42.5 Å². The molecule has 7 heteroatoms. The highest BCUT2D eigenvalue weighted by Gasteiger charge is 2.37. The summed E-state index contributed by atoms with van der Waals surface area (Å²) in [7, 11) is 0. The molecule has 2 amide bonds. The van der Waals surface area contributed by atoms with Gasteiger partial charge in [-0.3, -0.25) is 9.59 Å². The van der Waals surface area contributed by atoms with Crippen LogP contribution in [0.2, 0.25) is 0 Å². The molecule has 31 heavy (non-hydrogen) atoms. The second kappa shape index (κ2) is 8.96. The molecule has 2 aromatic rings. The van der Waals surface area contributed by atoms with E-state index in [4.69, 9.17) is 9.47 Å². The van der Waals surface area contributed by atoms with E-state index in [1.165, 1.54) is 11.0 Å². The molecule has 6 nitrogen and oxygen atoms in total. The predicted molar refractivity (Wildman–Crippen MR) is 115 cm³/mol. The smallest absolute Gasteiger partial charge is 0.227 e. The van der Waals surface area contributed by atoms with E-state index in [-0.39, 0.29) is 42.4 Å². The summed E-state index contributed by atoms with van der Waals surface area (Å²) in [6.45, 7) is 5.42. The molecule has 0 saturated carbocycles. The molecule has 0 spiro atoms. The van der Waals surface area contributed by atoms with Crippen LogP contribution in [0.25, 0.3) is 0 Å². The first-order valence-corrected chi connectivity index (χ1v) is 10.7. The van der Waals surface area contributed by atoms with E-state index >= 15 is 0 Å². The third kappa shape index (κ3) is 4.50. The third-order valence-corrected chi connectivity index (χ3v) is 5.73. The van der Waals surface area contributed by atoms with E-state index in [0.717, 1.165) is 12.0 Å². The minimum atomic E-state index is -0.534. The van der Waals surface area contributed by atoms with Gasteiger partial charge in [-0.05, 0) is 35.7 Å². The molecule has 2 aliphatic heterocycles. The van der Waals surface area contributed by atoms with Gasteiger partial charge in [-0.1, -0.05) is 32.0 Å². The molecule has 1 fully saturated rings. The fourth-order valence-electron chi connectivity index (χ4n) is 4.07. The number of hydrogen-bond acceptors (Lipinski definition) is 4. The molecule has 0 aliphatic carbocycles. The molecule has 1 saturated heterocycles. The van der Waals surface area contributed by atoms with Crippen LogP contribution in [0.3, 0.4) is 0 Å². The zero-order chi connectivity index (χ0) is 22.0. The van der Waals surface area contributed by atoms with Crippen LogP contribution in [0.1, 0.15) is 38.3 Å². The zero-order valence-corrected chi connectivity index (χ0v) is 17.8. The second-order valence-electron chi connectivity index (χ2n) is 8.34. The topological polar surface area (TPSA) is 67.9 Å². The Labute approximate surface area is 181 Å². The van der Waals surface area contributed by atoms with Crippen molar-refractivity contribution in [3.8, 4) is 11.5 Å². The largest absolute Gasteiger partial charge is 0.490 e. The number of rotatable bonds is 5. The van der Waals surface area contributed by atoms with Gasteiger partial charge in [0.15, 0.2) is 11.5 Å². The lowest BCUT2D eigenvalue weighted by Gasteiger charge is -2.25. The lowest BCUT2D eigenvalue weighted by Crippen LogP contribution is -2.37. The van der Waals surface area contributed by atoms with Crippen molar-refractivity contribution in [2.45, 2.75) is 32.7 Å². The average molecular weight is 426 g/mol. The maximum Gasteiger partial charge on any atom is 0.227 e. The Balaban J connectivity index is 1.49. The van der Waals surface area contributed by atoms with Crippen molar-refractivity contribution in [1.29, 1.82) is 0 Å². The van der Waals surface area contributed by atoms with E-state index in [2.05, 4.69) is 5.32 Å². The van der Waals surface area contributed by atoms with Gasteiger partial charge in [0.25, 0.3) is 0 Å². The third-order valence-electron chi connectivity index (χ3n) is 5.73. The monoisotopic (exact) mass is 426 g/mol. The highest BCUT2D eigenvalue weighted by molar-refractivity contribution is 6.00. The molecule has 164 valence electrons. The molecular formula is C24H27FN2O4. The summed E-state index contributed by atoms with van der Waals surface area (Å²) in [4.78, 5) is 26.9. The minimum absolute atomic E-state index is 0.0616. The van der Waals surface area contributed by atoms with Crippen molar-refractivity contribution in [3.63, 3.8) is 0 Å². The fraction of sp³-hybridized carbons (Fsp3) is 0.417. The van der Waals surface area contributed by atoms with Crippen molar-refractivity contribution in [1.82, 2.24) is 5.32 Å². The lowest BCUT2D eigenvalue weighted by molar-refractivity contribution is -0.127. The highest BCUT2D eigenvalue weighted by Crippen LogP contribution is 2.35. The van der Waals surface area contributed by atoms with Crippen LogP contribution in [0, 0.1) is 17.7 Å². The van der Waals surface area contributed by atoms with E-state index in [1.54, 1.807) is 18.2 Å². The number of carbonyl (C=O) groups is 2. The van der Waals surface area contributed by atoms with Gasteiger partial charge in [-0.15, -0.1) is 0 Å². The molecule has 4 rings (SSSR count). The van der Waals surface area contributed by atoms with Crippen LogP contribution in [-0.4, -0.2) is 31.6 Å². The number of amides is 2. The molecule has 1 N–H and O–H groups in total. The Bertz CT molecular complexity index is 978. The second-order valence-corrected chi connectivity index (χ2v) is 8.34. The molecule has 2 aromatic carbocycles. The van der Waals surface area contributed by atoms with Crippen molar-refractivity contribution in [2.75, 3.05) is 24.7 Å². The Morgan fingerprint density at radius 3 is 2.61 bits per heavy atom. The van der Waals surface area contributed by atoms with Gasteiger partial charge in [-0.25, -0.2) is 4.39 Å². The SMILES string of the molecule is CC(C)[C@H](NC(=O)[C@H]1CC(=O)N(c2ccccc2F)C1)c1ccc2c(c1)OCCCO2. The first-order valence-electron chi connectivity index (χ1n) is 10.7. The summed E-state index contributed by atoms with van der Waals surface area (Å²) in [5, 5.41) is 3.10. The molecular weight excluding hydrogens is 399 g/mol. The number of nitrogens with one attached hydrogen (secondary N) is 1. The van der Waals surface area contributed by atoms with Crippen molar-refractivity contribution < 1.29 is 23.5 Å². The van der Waals surface area contributed by atoms with Crippen molar-refractivity contribution >= 4 is 17.5 Å². The zero-order valence-electron chi connectivity index (χ0n) is 17.8. The maximum atomic E-state index is 14.1. The Morgan fingerprint density at radius 2 is 1.87 bits per heavy atom. The molecule has 2 aliphatic rings. The molecule has 0 aromatic heterocycles. The fourth-order valence-corrected chi connectivity index (χ4v) is 4.07. The molecule has 0 bridgehead atoms. The summed E-state index contributed by atoms with van der Waals surface area (Å²) >= 11 is 0. The summed E-state index contributed by atoms with van der Waals surface area (Å²) in [6.07, 6.45) is 0.884. The number of nitrogens with zero attached hydrogens (tertiary/aromatic N) is 1. The minimum Gasteiger partial charge on any atom is -0.490 e. The number of halogens is 1. The summed E-state index contributed by atoms with van der Waals surface area (Å²) in [5.41, 5.74) is 1.13. The van der Waals surface area contributed by atoms with Gasteiger partial charge >= 0.3 is 0 Å². The molecule has 0 radical (unpaired) electrons. The summed E-state index contributed by atoms with van der Waals surface area (Å²) in [5.74, 6) is 0.0417. The predicted octanol–water partition coefficient (Wildman–Crippen LogP) is 3.85. The van der Waals surface area contributed by atoms with Gasteiger partial charge < -0.3 is 19.7 Å². The number of anilines is 1. The first kappa shape index (κ1) is 21.2. The van der Waals surface area contributed by atoms with Gasteiger partial charge in [0, 0.05) is 19.4 Å². The maximum absolute atomic E-state index is 14.1. The molecule has 2 heterocycles. The normalized spacial score (nSPS) is 19.3. The number of hydrogen-bond donors (Lipinski definition) is 1. The van der Waals surface area contributed by atoms with E-state index in [1.807, 2.05) is 32.0 Å². The van der Waals surface area contributed by atoms with Crippen LogP contribution < -0.4 is 19.7 Å². The van der Waals surface area contributed by atoms with Crippen molar-refractivity contribution in [3.05, 3.63) is 53.8 Å². The van der Waals surface area contributed by atoms with Crippen LogP contribution in [0.5, 0.6) is 11.5 Å². The van der Waals surface area contributed by atoms with E-state index < -0.39 is 11.7 Å². The number of ether oxygens (including phenoxy) is 2. The van der Waals surface area contributed by atoms with Crippen molar-refractivity contribution in [2.24, 2.45) is 11.8 Å². The van der Waals surface area contributed by atoms with Gasteiger partial charge in [0.05, 0.1) is 30.9 Å². The van der Waals surface area contributed by atoms with Crippen LogP contribution in [-0.2, 0) is 9.59 Å². The van der Waals surface area contributed by atoms with Crippen LogP contribution >= 0.6 is 0 Å². The van der Waals surface area contributed by atoms with E-state index in [9.17, 15) is 14.0 Å². The van der Waals surface area contributed by atoms with Gasteiger partial charge in [0.1, 0.15) is 5.82 Å². The highest BCUT2D eigenvalue weighted by atomic mass is 19.1. The molecule has 2 atom stereocenters. The average Bonchev–Trinajstić information content (AvgIpc) is 2.98. The lowest BCUT2D eigenvalue weighted by atomic mass is 9.94. The number of carbonyl (C=O) groups excluding carboxylic acids is 2. The summed E-state index contributed by atoms with van der Waals surface area (Å²) < 4.78 is 25.6. The Hall–Kier alpha value is -3.09. The standard InChI is InChI=1S/C24H27FN2O4/c1-15(2)23(16-8-9-20-21(12-16)31-11-5-10-30-20)26-24(29)17-13-22(28)27(14-17)19-7-4-3-6-18(19)25/h3-4,6-9,12,15,17,23H,5,10-11,13-14H2,1-2H3,(H,26,29)/t17-,23-/m0/s1. The number of benzene rings is 2. The van der Waals surface area contributed by atoms with Crippen LogP contribution in [0.4, 0.5) is 10.1 Å². The number of fused-ring (bicyclic) bond motifs is 1. The Morgan fingerprint density at radius 1 is 1.13 bits per heavy atom. The van der Waals surface area contributed by atoms with Gasteiger partial charge in [0.2, 0.25) is 11.8 Å². The van der Waals surface area contributed by atoms with E-state index in [0.29, 0.717) is 24.7 Å². The first-order chi connectivity index (χ1) is 14.9. The molecule has 0 unspecified atom stereocenters. The quantitative estimate of drug-likeness (QED) is 0.789. The Kier molecular flexibility index (Phi) is 6.11. The number of para-hydroxylation sites is 1. The summed E-state index contributed by atoms with van der Waals surface area (Å²) in [6, 6.07) is 11.6. The van der Waals surface area contributed by atoms with Gasteiger partial charge in [-0.2, -0.15) is 0 Å².